The van der Waals surface area contributed by atoms with E-state index >= 15 is 0 Å². The summed E-state index contributed by atoms with van der Waals surface area (Å²) in [7, 11) is 0. The number of benzene rings is 1. The van der Waals surface area contributed by atoms with Crippen molar-refractivity contribution in [2.75, 3.05) is 5.73 Å². The van der Waals surface area contributed by atoms with Crippen LogP contribution in [0.3, 0.4) is 0 Å². The van der Waals surface area contributed by atoms with Crippen LogP contribution in [0.4, 0.5) is 5.95 Å². The van der Waals surface area contributed by atoms with Crippen LogP contribution in [0.25, 0.3) is 16.6 Å². The highest BCUT2D eigenvalue weighted by molar-refractivity contribution is 5.92. The van der Waals surface area contributed by atoms with Gasteiger partial charge in [-0.3, -0.25) is 4.40 Å². The second-order valence-corrected chi connectivity index (χ2v) is 3.93. The molecule has 2 heterocycles. The molecule has 4 heteroatoms. The molecule has 2 N–H and O–H groups in total. The normalized spacial score (nSPS) is 11.4. The standard InChI is InChI=1S/C12H12N4/c1-7-8(2)16-11(14-7)9-5-3-4-6-10(9)15-12(16)13/h3-6H,1-2H3,(H2,13,15). The molecule has 3 aromatic rings. The second-order valence-electron chi connectivity index (χ2n) is 3.93. The molecule has 2 aromatic heterocycles. The molecule has 80 valence electrons. The predicted molar refractivity (Wildman–Crippen MR) is 64.4 cm³/mol. The fourth-order valence-electron chi connectivity index (χ4n) is 2.01. The largest absolute Gasteiger partial charge is 0.369 e. The molecule has 0 unspecified atom stereocenters. The lowest BCUT2D eigenvalue weighted by Crippen LogP contribution is -2.02. The average Bonchev–Trinajstić information content (AvgIpc) is 2.57. The molecule has 0 radical (unpaired) electrons. The number of aromatic nitrogens is 3. The highest BCUT2D eigenvalue weighted by Gasteiger charge is 2.11. The smallest absolute Gasteiger partial charge is 0.206 e. The molecule has 0 spiro atoms. The first-order valence-corrected chi connectivity index (χ1v) is 5.18. The van der Waals surface area contributed by atoms with Crippen LogP contribution in [-0.4, -0.2) is 14.4 Å². The summed E-state index contributed by atoms with van der Waals surface area (Å²) < 4.78 is 1.90. The van der Waals surface area contributed by atoms with E-state index in [1.807, 2.05) is 42.5 Å². The Balaban J connectivity index is 2.65. The lowest BCUT2D eigenvalue weighted by atomic mass is 10.2. The fraction of sp³-hybridized carbons (Fsp3) is 0.167. The van der Waals surface area contributed by atoms with Crippen LogP contribution < -0.4 is 5.73 Å². The SMILES string of the molecule is Cc1nc2c3ccccc3nc(N)n2c1C. The van der Waals surface area contributed by atoms with E-state index in [4.69, 9.17) is 5.73 Å². The molecule has 0 saturated carbocycles. The highest BCUT2D eigenvalue weighted by Crippen LogP contribution is 2.22. The molecular formula is C12H12N4. The minimum atomic E-state index is 0.492. The number of hydrogen-bond acceptors (Lipinski definition) is 3. The zero-order chi connectivity index (χ0) is 11.3. The molecule has 1 aromatic carbocycles. The number of hydrogen-bond donors (Lipinski definition) is 1. The molecule has 0 saturated heterocycles. The van der Waals surface area contributed by atoms with Gasteiger partial charge in [0.1, 0.15) is 5.65 Å². The Morgan fingerprint density at radius 3 is 2.69 bits per heavy atom. The topological polar surface area (TPSA) is 56.2 Å². The Morgan fingerprint density at radius 1 is 1.12 bits per heavy atom. The summed E-state index contributed by atoms with van der Waals surface area (Å²) in [6, 6.07) is 7.90. The van der Waals surface area contributed by atoms with Gasteiger partial charge in [-0.15, -0.1) is 0 Å². The monoisotopic (exact) mass is 212 g/mol. The third kappa shape index (κ3) is 1.04. The number of nitrogens with zero attached hydrogens (tertiary/aromatic N) is 3. The zero-order valence-corrected chi connectivity index (χ0v) is 9.23. The van der Waals surface area contributed by atoms with Crippen molar-refractivity contribution in [1.29, 1.82) is 0 Å². The van der Waals surface area contributed by atoms with Gasteiger partial charge in [0.2, 0.25) is 5.95 Å². The van der Waals surface area contributed by atoms with Gasteiger partial charge in [0.25, 0.3) is 0 Å². The molecular weight excluding hydrogens is 200 g/mol. The lowest BCUT2D eigenvalue weighted by molar-refractivity contribution is 1.07. The zero-order valence-electron chi connectivity index (χ0n) is 9.23. The Bertz CT molecular complexity index is 697. The Labute approximate surface area is 92.7 Å². The molecule has 0 aliphatic heterocycles. The summed E-state index contributed by atoms with van der Waals surface area (Å²) in [6.07, 6.45) is 0. The molecule has 16 heavy (non-hydrogen) atoms. The van der Waals surface area contributed by atoms with Gasteiger partial charge in [0, 0.05) is 11.1 Å². The predicted octanol–water partition coefficient (Wildman–Crippen LogP) is 2.08. The van der Waals surface area contributed by atoms with E-state index in [1.54, 1.807) is 0 Å². The number of nitrogen functional groups attached to an aromatic ring is 1. The number of para-hydroxylation sites is 1. The Hall–Kier alpha value is -2.10. The maximum Gasteiger partial charge on any atom is 0.206 e. The van der Waals surface area contributed by atoms with Crippen LogP contribution in [0, 0.1) is 13.8 Å². The molecule has 3 rings (SSSR count). The maximum absolute atomic E-state index is 5.95. The summed E-state index contributed by atoms with van der Waals surface area (Å²) in [5, 5.41) is 1.04. The minimum absolute atomic E-state index is 0.492. The van der Waals surface area contributed by atoms with E-state index in [1.165, 1.54) is 0 Å². The van der Waals surface area contributed by atoms with Gasteiger partial charge in [0.05, 0.1) is 11.2 Å². The van der Waals surface area contributed by atoms with Crippen molar-refractivity contribution in [3.8, 4) is 0 Å². The molecule has 0 amide bonds. The van der Waals surface area contributed by atoms with Gasteiger partial charge in [-0.1, -0.05) is 12.1 Å². The summed E-state index contributed by atoms with van der Waals surface area (Å²) in [5.74, 6) is 0.492. The number of fused-ring (bicyclic) bond motifs is 3. The second kappa shape index (κ2) is 2.95. The van der Waals surface area contributed by atoms with Gasteiger partial charge in [-0.2, -0.15) is 0 Å². The van der Waals surface area contributed by atoms with Crippen molar-refractivity contribution in [3.63, 3.8) is 0 Å². The third-order valence-corrected chi connectivity index (χ3v) is 2.95. The van der Waals surface area contributed by atoms with E-state index in [9.17, 15) is 0 Å². The molecule has 0 fully saturated rings. The van der Waals surface area contributed by atoms with E-state index < -0.39 is 0 Å². The molecule has 4 nitrogen and oxygen atoms in total. The van der Waals surface area contributed by atoms with Crippen LogP contribution in [0.5, 0.6) is 0 Å². The van der Waals surface area contributed by atoms with Gasteiger partial charge in [0.15, 0.2) is 0 Å². The van der Waals surface area contributed by atoms with Gasteiger partial charge in [-0.05, 0) is 26.0 Å². The van der Waals surface area contributed by atoms with Crippen LogP contribution in [0.1, 0.15) is 11.4 Å². The number of anilines is 1. The van der Waals surface area contributed by atoms with Gasteiger partial charge < -0.3 is 5.73 Å². The number of imidazole rings is 1. The van der Waals surface area contributed by atoms with E-state index in [0.29, 0.717) is 5.95 Å². The molecule has 0 bridgehead atoms. The number of aryl methyl sites for hydroxylation is 2. The third-order valence-electron chi connectivity index (χ3n) is 2.95. The number of nitrogens with two attached hydrogens (primary N) is 1. The Morgan fingerprint density at radius 2 is 1.88 bits per heavy atom. The van der Waals surface area contributed by atoms with Crippen molar-refractivity contribution < 1.29 is 0 Å². The van der Waals surface area contributed by atoms with Crippen LogP contribution >= 0.6 is 0 Å². The van der Waals surface area contributed by atoms with Crippen molar-refractivity contribution in [3.05, 3.63) is 35.7 Å². The molecule has 0 atom stereocenters. The van der Waals surface area contributed by atoms with Crippen molar-refractivity contribution in [1.82, 2.24) is 14.4 Å². The molecule has 0 aliphatic carbocycles. The first-order chi connectivity index (χ1) is 7.68. The first kappa shape index (κ1) is 9.15. The summed E-state index contributed by atoms with van der Waals surface area (Å²) >= 11 is 0. The van der Waals surface area contributed by atoms with E-state index in [0.717, 1.165) is 27.9 Å². The van der Waals surface area contributed by atoms with Crippen LogP contribution in [0.15, 0.2) is 24.3 Å². The van der Waals surface area contributed by atoms with Gasteiger partial charge in [-0.25, -0.2) is 9.97 Å². The van der Waals surface area contributed by atoms with Crippen molar-refractivity contribution >= 4 is 22.5 Å². The summed E-state index contributed by atoms with van der Waals surface area (Å²) in [4.78, 5) is 8.92. The van der Waals surface area contributed by atoms with Crippen molar-refractivity contribution in [2.45, 2.75) is 13.8 Å². The first-order valence-electron chi connectivity index (χ1n) is 5.18. The summed E-state index contributed by atoms with van der Waals surface area (Å²) in [6.45, 7) is 3.98. The lowest BCUT2D eigenvalue weighted by Gasteiger charge is -2.04. The number of rotatable bonds is 0. The van der Waals surface area contributed by atoms with E-state index in [-0.39, 0.29) is 0 Å². The summed E-state index contributed by atoms with van der Waals surface area (Å²) in [5.41, 5.74) is 9.76. The van der Waals surface area contributed by atoms with Crippen LogP contribution in [-0.2, 0) is 0 Å². The molecule has 0 aliphatic rings. The van der Waals surface area contributed by atoms with Crippen LogP contribution in [0.2, 0.25) is 0 Å². The van der Waals surface area contributed by atoms with Gasteiger partial charge >= 0.3 is 0 Å². The van der Waals surface area contributed by atoms with Crippen molar-refractivity contribution in [2.24, 2.45) is 0 Å². The van der Waals surface area contributed by atoms with E-state index in [2.05, 4.69) is 9.97 Å². The fourth-order valence-corrected chi connectivity index (χ4v) is 2.01. The highest BCUT2D eigenvalue weighted by atomic mass is 15.1. The Kier molecular flexibility index (Phi) is 1.68. The minimum Gasteiger partial charge on any atom is -0.369 e. The average molecular weight is 212 g/mol. The maximum atomic E-state index is 5.95. The quantitative estimate of drug-likeness (QED) is 0.620.